The van der Waals surface area contributed by atoms with Crippen LogP contribution in [0.1, 0.15) is 5.56 Å². The number of nitrogens with one attached hydrogen (secondary N) is 2. The number of hydrogen-bond donors (Lipinski definition) is 2. The molecule has 9 heteroatoms. The van der Waals surface area contributed by atoms with Gasteiger partial charge in [0.15, 0.2) is 0 Å². The Morgan fingerprint density at radius 3 is 2.77 bits per heavy atom. The number of anilines is 2. The zero-order valence-corrected chi connectivity index (χ0v) is 17.1. The first-order chi connectivity index (χ1) is 14.8. The summed E-state index contributed by atoms with van der Waals surface area (Å²) in [7, 11) is 0. The van der Waals surface area contributed by atoms with Gasteiger partial charge in [-0.05, 0) is 29.8 Å². The van der Waals surface area contributed by atoms with Crippen LogP contribution in [0.4, 0.5) is 11.5 Å². The minimum Gasteiger partial charge on any atom is -0.381 e. The van der Waals surface area contributed by atoms with Crippen molar-refractivity contribution in [2.24, 2.45) is 0 Å². The van der Waals surface area contributed by atoms with Gasteiger partial charge in [-0.25, -0.2) is 4.98 Å². The Morgan fingerprint density at radius 2 is 1.93 bits per heavy atom. The van der Waals surface area contributed by atoms with Crippen molar-refractivity contribution in [1.29, 1.82) is 0 Å². The molecule has 152 valence electrons. The lowest BCUT2D eigenvalue weighted by atomic mass is 10.2. The Balaban J connectivity index is 1.41. The van der Waals surface area contributed by atoms with Crippen molar-refractivity contribution < 1.29 is 0 Å². The average Bonchev–Trinajstić information content (AvgIpc) is 3.24. The van der Waals surface area contributed by atoms with Crippen molar-refractivity contribution >= 4 is 27.8 Å². The first-order valence-electron chi connectivity index (χ1n) is 9.86. The van der Waals surface area contributed by atoms with Crippen molar-refractivity contribution in [3.63, 3.8) is 0 Å². The van der Waals surface area contributed by atoms with Crippen molar-refractivity contribution in [2.75, 3.05) is 36.4 Å². The van der Waals surface area contributed by atoms with Crippen LogP contribution in [0, 0.1) is 0 Å². The molecule has 2 N–H and O–H groups in total. The van der Waals surface area contributed by atoms with E-state index < -0.39 is 0 Å². The minimum absolute atomic E-state index is 0.150. The van der Waals surface area contributed by atoms with Crippen LogP contribution in [0.5, 0.6) is 0 Å². The van der Waals surface area contributed by atoms with Crippen LogP contribution >= 0.6 is 11.3 Å². The lowest BCUT2D eigenvalue weighted by molar-refractivity contribution is 0.584. The summed E-state index contributed by atoms with van der Waals surface area (Å²) in [5, 5.41) is 12.0. The van der Waals surface area contributed by atoms with E-state index in [0.717, 1.165) is 53.8 Å². The molecule has 1 aliphatic heterocycles. The monoisotopic (exact) mass is 419 g/mol. The van der Waals surface area contributed by atoms with E-state index in [4.69, 9.17) is 4.98 Å². The number of benzene rings is 1. The maximum absolute atomic E-state index is 12.6. The summed E-state index contributed by atoms with van der Waals surface area (Å²) in [5.74, 6) is 0.726. The molecule has 3 aromatic heterocycles. The van der Waals surface area contributed by atoms with Crippen LogP contribution < -0.4 is 21.1 Å². The predicted molar refractivity (Wildman–Crippen MR) is 119 cm³/mol. The number of pyridine rings is 1. The Labute approximate surface area is 177 Å². The third kappa shape index (κ3) is 3.89. The maximum Gasteiger partial charge on any atom is 0.277 e. The summed E-state index contributed by atoms with van der Waals surface area (Å²) in [4.78, 5) is 24.1. The molecule has 8 nitrogen and oxygen atoms in total. The van der Waals surface area contributed by atoms with Crippen molar-refractivity contribution in [3.05, 3.63) is 70.8 Å². The molecule has 1 aromatic carbocycles. The Morgan fingerprint density at radius 1 is 1.10 bits per heavy atom. The second kappa shape index (κ2) is 8.21. The van der Waals surface area contributed by atoms with Gasteiger partial charge in [0.25, 0.3) is 5.56 Å². The Bertz CT molecular complexity index is 1210. The molecule has 0 aliphatic carbocycles. The highest BCUT2D eigenvalue weighted by Gasteiger charge is 2.16. The molecule has 0 bridgehead atoms. The average molecular weight is 420 g/mol. The van der Waals surface area contributed by atoms with E-state index in [1.165, 1.54) is 15.9 Å². The van der Waals surface area contributed by atoms with Crippen molar-refractivity contribution in [1.82, 2.24) is 24.9 Å². The second-order valence-electron chi connectivity index (χ2n) is 7.08. The van der Waals surface area contributed by atoms with Crippen LogP contribution in [0.15, 0.2) is 59.7 Å². The topological polar surface area (TPSA) is 87.5 Å². The van der Waals surface area contributed by atoms with Gasteiger partial charge >= 0.3 is 0 Å². The molecular formula is C21H21N7OS. The number of piperazine rings is 1. The standard InChI is InChI=1S/C21H21N7OS/c29-19-13-18(27-10-8-23-9-11-27)25-21-28(19)26-20(30-21)16-2-1-3-17(12-16)24-14-15-4-6-22-7-5-15/h1-7,12-13,23-24H,8-11,14H2. The summed E-state index contributed by atoms with van der Waals surface area (Å²) < 4.78 is 1.39. The highest BCUT2D eigenvalue weighted by atomic mass is 32.1. The highest BCUT2D eigenvalue weighted by Crippen LogP contribution is 2.27. The second-order valence-corrected chi connectivity index (χ2v) is 8.04. The molecule has 0 spiro atoms. The van der Waals surface area contributed by atoms with Gasteiger partial charge in [-0.2, -0.15) is 9.61 Å². The first-order valence-corrected chi connectivity index (χ1v) is 10.7. The summed E-state index contributed by atoms with van der Waals surface area (Å²) in [6, 6.07) is 13.6. The third-order valence-electron chi connectivity index (χ3n) is 5.03. The molecule has 0 radical (unpaired) electrons. The molecule has 4 aromatic rings. The van der Waals surface area contributed by atoms with E-state index >= 15 is 0 Å². The summed E-state index contributed by atoms with van der Waals surface area (Å²) in [6.07, 6.45) is 3.57. The Hall–Kier alpha value is -3.30. The third-order valence-corrected chi connectivity index (χ3v) is 5.99. The van der Waals surface area contributed by atoms with Gasteiger partial charge in [0, 0.05) is 62.4 Å². The first kappa shape index (κ1) is 18.7. The van der Waals surface area contributed by atoms with Gasteiger partial charge in [0.2, 0.25) is 4.96 Å². The van der Waals surface area contributed by atoms with Gasteiger partial charge < -0.3 is 15.5 Å². The molecule has 1 fully saturated rings. The van der Waals surface area contributed by atoms with Gasteiger partial charge in [0.05, 0.1) is 0 Å². The van der Waals surface area contributed by atoms with E-state index in [1.54, 1.807) is 18.5 Å². The maximum atomic E-state index is 12.6. The molecule has 0 amide bonds. The van der Waals surface area contributed by atoms with Crippen molar-refractivity contribution in [3.8, 4) is 10.6 Å². The van der Waals surface area contributed by atoms with E-state index in [9.17, 15) is 4.79 Å². The van der Waals surface area contributed by atoms with Crippen LogP contribution in [-0.2, 0) is 6.54 Å². The molecular weight excluding hydrogens is 398 g/mol. The molecule has 1 saturated heterocycles. The highest BCUT2D eigenvalue weighted by molar-refractivity contribution is 7.19. The van der Waals surface area contributed by atoms with E-state index in [2.05, 4.69) is 25.6 Å². The predicted octanol–water partition coefficient (Wildman–Crippen LogP) is 2.23. The fourth-order valence-corrected chi connectivity index (χ4v) is 4.34. The molecule has 30 heavy (non-hydrogen) atoms. The summed E-state index contributed by atoms with van der Waals surface area (Å²) in [6.45, 7) is 4.20. The quantitative estimate of drug-likeness (QED) is 0.513. The van der Waals surface area contributed by atoms with Crippen LogP contribution in [0.3, 0.4) is 0 Å². The molecule has 0 unspecified atom stereocenters. The molecule has 0 atom stereocenters. The van der Waals surface area contributed by atoms with E-state index in [-0.39, 0.29) is 5.56 Å². The van der Waals surface area contributed by atoms with Crippen LogP contribution in [-0.4, -0.2) is 45.8 Å². The zero-order chi connectivity index (χ0) is 20.3. The fourth-order valence-electron chi connectivity index (χ4n) is 3.44. The van der Waals surface area contributed by atoms with Crippen molar-refractivity contribution in [2.45, 2.75) is 6.54 Å². The Kier molecular flexibility index (Phi) is 5.12. The number of fused-ring (bicyclic) bond motifs is 1. The van der Waals surface area contributed by atoms with Crippen LogP contribution in [0.2, 0.25) is 0 Å². The minimum atomic E-state index is -0.150. The van der Waals surface area contributed by atoms with Gasteiger partial charge in [-0.15, -0.1) is 0 Å². The SMILES string of the molecule is O=c1cc(N2CCNCC2)nc2sc(-c3cccc(NCc4ccncc4)c3)nn12. The molecule has 4 heterocycles. The lowest BCUT2D eigenvalue weighted by Crippen LogP contribution is -2.44. The normalized spacial score (nSPS) is 14.2. The smallest absolute Gasteiger partial charge is 0.277 e. The number of hydrogen-bond acceptors (Lipinski definition) is 8. The summed E-state index contributed by atoms with van der Waals surface area (Å²) in [5.41, 5.74) is 2.95. The number of rotatable bonds is 5. The van der Waals surface area contributed by atoms with Gasteiger partial charge in [-0.3, -0.25) is 9.78 Å². The van der Waals surface area contributed by atoms with E-state index in [1.807, 2.05) is 36.4 Å². The van der Waals surface area contributed by atoms with Gasteiger partial charge in [-0.1, -0.05) is 23.5 Å². The zero-order valence-electron chi connectivity index (χ0n) is 16.3. The largest absolute Gasteiger partial charge is 0.381 e. The molecule has 1 aliphatic rings. The lowest BCUT2D eigenvalue weighted by Gasteiger charge is -2.27. The fraction of sp³-hybridized carbons (Fsp3) is 0.238. The molecule has 0 saturated carbocycles. The van der Waals surface area contributed by atoms with E-state index in [0.29, 0.717) is 11.5 Å². The molecule has 5 rings (SSSR count). The van der Waals surface area contributed by atoms with Gasteiger partial charge in [0.1, 0.15) is 10.8 Å². The number of nitrogens with zero attached hydrogens (tertiary/aromatic N) is 5. The van der Waals surface area contributed by atoms with Crippen LogP contribution in [0.25, 0.3) is 15.5 Å². The number of aromatic nitrogens is 4. The summed E-state index contributed by atoms with van der Waals surface area (Å²) >= 11 is 1.43.